The number of aromatic nitrogens is 2. The summed E-state index contributed by atoms with van der Waals surface area (Å²) < 4.78 is 29.4. The number of carbonyl (C=O) groups excluding carboxylic acids is 1. The molecule has 3 aromatic rings. The molecule has 0 bridgehead atoms. The Morgan fingerprint density at radius 2 is 1.83 bits per heavy atom. The zero-order valence-corrected chi connectivity index (χ0v) is 17.0. The van der Waals surface area contributed by atoms with Crippen LogP contribution in [0, 0.1) is 11.6 Å². The molecule has 1 heterocycles. The molecule has 3 rings (SSSR count). The van der Waals surface area contributed by atoms with E-state index in [0.29, 0.717) is 30.0 Å². The van der Waals surface area contributed by atoms with Crippen molar-refractivity contribution < 1.29 is 13.6 Å². The lowest BCUT2D eigenvalue weighted by Crippen LogP contribution is -2.32. The molecule has 1 aromatic heterocycles. The first-order chi connectivity index (χ1) is 14.0. The van der Waals surface area contributed by atoms with Gasteiger partial charge in [0, 0.05) is 24.7 Å². The molecular formula is C23H27F2N3O. The Labute approximate surface area is 170 Å². The first-order valence-corrected chi connectivity index (χ1v) is 10.2. The van der Waals surface area contributed by atoms with Crippen molar-refractivity contribution in [1.82, 2.24) is 14.5 Å². The van der Waals surface area contributed by atoms with E-state index in [4.69, 9.17) is 0 Å². The summed E-state index contributed by atoms with van der Waals surface area (Å²) in [5.74, 6) is -0.269. The predicted molar refractivity (Wildman–Crippen MR) is 111 cm³/mol. The smallest absolute Gasteiger partial charge is 0.254 e. The molecule has 0 unspecified atom stereocenters. The largest absolute Gasteiger partial charge is 0.331 e. The fraction of sp³-hybridized carbons (Fsp3) is 0.391. The minimum atomic E-state index is -0.432. The number of amides is 1. The van der Waals surface area contributed by atoms with Crippen LogP contribution in [-0.2, 0) is 13.1 Å². The molecule has 1 amide bonds. The summed E-state index contributed by atoms with van der Waals surface area (Å²) in [5, 5.41) is 0. The van der Waals surface area contributed by atoms with Gasteiger partial charge in [-0.25, -0.2) is 13.8 Å². The summed E-state index contributed by atoms with van der Waals surface area (Å²) in [6.07, 6.45) is 3.79. The zero-order chi connectivity index (χ0) is 20.8. The third-order valence-corrected chi connectivity index (χ3v) is 4.96. The standard InChI is InChI=1S/C23H27F2N3O/c1-3-5-6-13-27(23(29)17-8-7-9-18(24)14-17)16-22-26-20-15-19(25)10-11-21(20)28(22)12-4-2/h7-11,14-15H,3-6,12-13,16H2,1-2H3. The summed E-state index contributed by atoms with van der Waals surface area (Å²) in [6.45, 7) is 5.76. The van der Waals surface area contributed by atoms with E-state index in [2.05, 4.69) is 18.8 Å². The summed E-state index contributed by atoms with van der Waals surface area (Å²) in [7, 11) is 0. The van der Waals surface area contributed by atoms with E-state index >= 15 is 0 Å². The Morgan fingerprint density at radius 3 is 2.55 bits per heavy atom. The third-order valence-electron chi connectivity index (χ3n) is 4.96. The average molecular weight is 399 g/mol. The number of hydrogen-bond acceptors (Lipinski definition) is 2. The van der Waals surface area contributed by atoms with Crippen molar-refractivity contribution in [3.8, 4) is 0 Å². The van der Waals surface area contributed by atoms with Crippen LogP contribution in [0.1, 0.15) is 55.7 Å². The maximum atomic E-state index is 13.7. The molecule has 0 spiro atoms. The van der Waals surface area contributed by atoms with E-state index in [9.17, 15) is 13.6 Å². The van der Waals surface area contributed by atoms with Crippen molar-refractivity contribution in [2.75, 3.05) is 6.54 Å². The third kappa shape index (κ3) is 5.00. The molecular weight excluding hydrogens is 372 g/mol. The van der Waals surface area contributed by atoms with Crippen molar-refractivity contribution >= 4 is 16.9 Å². The van der Waals surface area contributed by atoms with E-state index < -0.39 is 5.82 Å². The molecule has 0 aliphatic rings. The summed E-state index contributed by atoms with van der Waals surface area (Å²) in [5.41, 5.74) is 1.76. The van der Waals surface area contributed by atoms with Crippen LogP contribution in [0.3, 0.4) is 0 Å². The Bertz CT molecular complexity index is 983. The number of carbonyl (C=O) groups is 1. The molecule has 2 aromatic carbocycles. The Morgan fingerprint density at radius 1 is 1.03 bits per heavy atom. The van der Waals surface area contributed by atoms with Gasteiger partial charge in [-0.15, -0.1) is 0 Å². The second-order valence-corrected chi connectivity index (χ2v) is 7.26. The monoisotopic (exact) mass is 399 g/mol. The molecule has 0 aliphatic carbocycles. The van der Waals surface area contributed by atoms with Gasteiger partial charge >= 0.3 is 0 Å². The quantitative estimate of drug-likeness (QED) is 0.442. The Kier molecular flexibility index (Phi) is 6.96. The lowest BCUT2D eigenvalue weighted by molar-refractivity contribution is 0.0733. The highest BCUT2D eigenvalue weighted by atomic mass is 19.1. The molecule has 4 nitrogen and oxygen atoms in total. The number of nitrogens with zero attached hydrogens (tertiary/aromatic N) is 3. The Hall–Kier alpha value is -2.76. The lowest BCUT2D eigenvalue weighted by atomic mass is 10.1. The van der Waals surface area contributed by atoms with Crippen molar-refractivity contribution in [1.29, 1.82) is 0 Å². The van der Waals surface area contributed by atoms with Crippen molar-refractivity contribution in [2.24, 2.45) is 0 Å². The van der Waals surface area contributed by atoms with Crippen LogP contribution >= 0.6 is 0 Å². The second-order valence-electron chi connectivity index (χ2n) is 7.26. The van der Waals surface area contributed by atoms with Gasteiger partial charge in [0.05, 0.1) is 17.6 Å². The van der Waals surface area contributed by atoms with Crippen molar-refractivity contribution in [2.45, 2.75) is 52.6 Å². The highest BCUT2D eigenvalue weighted by molar-refractivity contribution is 5.94. The first kappa shape index (κ1) is 21.0. The van der Waals surface area contributed by atoms with Crippen LogP contribution in [0.5, 0.6) is 0 Å². The number of fused-ring (bicyclic) bond motifs is 1. The van der Waals surface area contributed by atoms with Gasteiger partial charge in [-0.3, -0.25) is 4.79 Å². The van der Waals surface area contributed by atoms with E-state index in [1.165, 1.54) is 24.3 Å². The van der Waals surface area contributed by atoms with E-state index in [0.717, 1.165) is 37.7 Å². The molecule has 0 saturated carbocycles. The van der Waals surface area contributed by atoms with Crippen molar-refractivity contribution in [3.63, 3.8) is 0 Å². The summed E-state index contributed by atoms with van der Waals surface area (Å²) >= 11 is 0. The number of rotatable bonds is 9. The zero-order valence-electron chi connectivity index (χ0n) is 17.0. The molecule has 0 atom stereocenters. The second kappa shape index (κ2) is 9.63. The average Bonchev–Trinajstić information content (AvgIpc) is 3.03. The molecule has 29 heavy (non-hydrogen) atoms. The molecule has 0 fully saturated rings. The number of benzene rings is 2. The van der Waals surface area contributed by atoms with Crippen LogP contribution in [-0.4, -0.2) is 26.9 Å². The van der Waals surface area contributed by atoms with Crippen LogP contribution in [0.2, 0.25) is 0 Å². The molecule has 0 aliphatic heterocycles. The van der Waals surface area contributed by atoms with Crippen LogP contribution in [0.15, 0.2) is 42.5 Å². The van der Waals surface area contributed by atoms with Crippen molar-refractivity contribution in [3.05, 3.63) is 65.5 Å². The van der Waals surface area contributed by atoms with Gasteiger partial charge in [0.15, 0.2) is 0 Å². The fourth-order valence-electron chi connectivity index (χ4n) is 3.53. The molecule has 0 saturated heterocycles. The van der Waals surface area contributed by atoms with Crippen LogP contribution in [0.4, 0.5) is 8.78 Å². The highest BCUT2D eigenvalue weighted by Gasteiger charge is 2.20. The first-order valence-electron chi connectivity index (χ1n) is 10.2. The van der Waals surface area contributed by atoms with E-state index in [1.54, 1.807) is 23.1 Å². The van der Waals surface area contributed by atoms with E-state index in [-0.39, 0.29) is 11.7 Å². The highest BCUT2D eigenvalue weighted by Crippen LogP contribution is 2.21. The normalized spacial score (nSPS) is 11.2. The van der Waals surface area contributed by atoms with Gasteiger partial charge in [0.2, 0.25) is 0 Å². The number of unbranched alkanes of at least 4 members (excludes halogenated alkanes) is 2. The topological polar surface area (TPSA) is 38.1 Å². The molecule has 6 heteroatoms. The lowest BCUT2D eigenvalue weighted by Gasteiger charge is -2.23. The van der Waals surface area contributed by atoms with Gasteiger partial charge in [0.1, 0.15) is 17.5 Å². The van der Waals surface area contributed by atoms with Gasteiger partial charge < -0.3 is 9.47 Å². The predicted octanol–water partition coefficient (Wildman–Crippen LogP) is 5.56. The summed E-state index contributed by atoms with van der Waals surface area (Å²) in [4.78, 5) is 19.4. The number of imidazole rings is 1. The Balaban J connectivity index is 1.94. The maximum Gasteiger partial charge on any atom is 0.254 e. The molecule has 0 radical (unpaired) electrons. The molecule has 154 valence electrons. The molecule has 0 N–H and O–H groups in total. The van der Waals surface area contributed by atoms with Gasteiger partial charge in [-0.05, 0) is 43.2 Å². The minimum Gasteiger partial charge on any atom is -0.331 e. The maximum absolute atomic E-state index is 13.7. The number of hydrogen-bond donors (Lipinski definition) is 0. The van der Waals surface area contributed by atoms with Gasteiger partial charge in [0.25, 0.3) is 5.91 Å². The fourth-order valence-corrected chi connectivity index (χ4v) is 3.53. The van der Waals surface area contributed by atoms with E-state index in [1.807, 2.05) is 4.57 Å². The SMILES string of the molecule is CCCCCN(Cc1nc2cc(F)ccc2n1CCC)C(=O)c1cccc(F)c1. The van der Waals surface area contributed by atoms with Gasteiger partial charge in [-0.1, -0.05) is 32.8 Å². The number of aryl methyl sites for hydroxylation is 1. The van der Waals surface area contributed by atoms with Crippen LogP contribution < -0.4 is 0 Å². The van der Waals surface area contributed by atoms with Gasteiger partial charge in [-0.2, -0.15) is 0 Å². The summed E-state index contributed by atoms with van der Waals surface area (Å²) in [6, 6.07) is 10.3. The van der Waals surface area contributed by atoms with Crippen LogP contribution in [0.25, 0.3) is 11.0 Å². The number of halogens is 2. The minimum absolute atomic E-state index is 0.220.